The van der Waals surface area contributed by atoms with Crippen LogP contribution in [0.25, 0.3) is 0 Å². The summed E-state index contributed by atoms with van der Waals surface area (Å²) in [4.78, 5) is 10.2. The first-order chi connectivity index (χ1) is 8.94. The monoisotopic (exact) mass is 281 g/mol. The molecule has 2 rings (SSSR count). The molecule has 1 aromatic heterocycles. The minimum Gasteiger partial charge on any atom is -0.368 e. The molecule has 0 radical (unpaired) electrons. The Morgan fingerprint density at radius 1 is 1.37 bits per heavy atom. The fourth-order valence-corrected chi connectivity index (χ4v) is 3.47. The number of thiophene rings is 1. The highest BCUT2D eigenvalue weighted by Gasteiger charge is 2.34. The third-order valence-electron chi connectivity index (χ3n) is 3.39. The molecular formula is C14H23N3OS. The van der Waals surface area contributed by atoms with Gasteiger partial charge in [-0.2, -0.15) is 0 Å². The number of guanidine groups is 1. The van der Waals surface area contributed by atoms with Crippen LogP contribution in [0.4, 0.5) is 0 Å². The highest BCUT2D eigenvalue weighted by molar-refractivity contribution is 7.10. The first kappa shape index (κ1) is 14.3. The summed E-state index contributed by atoms with van der Waals surface area (Å²) in [5.74, 6) is 0.965. The molecule has 5 heteroatoms. The predicted molar refractivity (Wildman–Crippen MR) is 81.0 cm³/mol. The van der Waals surface area contributed by atoms with Crippen molar-refractivity contribution >= 4 is 17.3 Å². The molecule has 1 aliphatic rings. The number of hydrogen-bond acceptors (Lipinski definition) is 3. The topological polar surface area (TPSA) is 28.1 Å². The third kappa shape index (κ3) is 2.92. The summed E-state index contributed by atoms with van der Waals surface area (Å²) in [6, 6.07) is 2.18. The Bertz CT molecular complexity index is 457. The van der Waals surface area contributed by atoms with Crippen molar-refractivity contribution < 1.29 is 4.74 Å². The molecule has 0 bridgehead atoms. The number of hydrogen-bond donors (Lipinski definition) is 0. The van der Waals surface area contributed by atoms with E-state index in [1.165, 1.54) is 10.4 Å². The molecule has 19 heavy (non-hydrogen) atoms. The van der Waals surface area contributed by atoms with Gasteiger partial charge in [0.1, 0.15) is 5.60 Å². The summed E-state index contributed by atoms with van der Waals surface area (Å²) in [5.41, 5.74) is 1.02. The van der Waals surface area contributed by atoms with Crippen molar-refractivity contribution in [2.75, 3.05) is 41.3 Å². The van der Waals surface area contributed by atoms with E-state index in [0.29, 0.717) is 6.54 Å². The largest absolute Gasteiger partial charge is 0.368 e. The van der Waals surface area contributed by atoms with Gasteiger partial charge in [-0.25, -0.2) is 4.99 Å². The smallest absolute Gasteiger partial charge is 0.195 e. The van der Waals surface area contributed by atoms with E-state index in [9.17, 15) is 0 Å². The quantitative estimate of drug-likeness (QED) is 0.613. The highest BCUT2D eigenvalue weighted by Crippen LogP contribution is 2.36. The Morgan fingerprint density at radius 3 is 2.68 bits per heavy atom. The van der Waals surface area contributed by atoms with Crippen molar-refractivity contribution in [3.05, 3.63) is 21.9 Å². The molecule has 0 saturated heterocycles. The normalized spacial score (nSPS) is 21.7. The standard InChI is InChI=1S/C14H23N3OS/c1-14(10-15-13(16(2)3)17(4)5)11-7-9-19-12(11)6-8-18-14/h7,9H,6,8,10H2,1-5H3. The summed E-state index contributed by atoms with van der Waals surface area (Å²) in [6.45, 7) is 3.59. The van der Waals surface area contributed by atoms with E-state index < -0.39 is 0 Å². The molecular weight excluding hydrogens is 258 g/mol. The molecule has 0 amide bonds. The van der Waals surface area contributed by atoms with Crippen molar-refractivity contribution in [2.24, 2.45) is 4.99 Å². The van der Waals surface area contributed by atoms with Crippen molar-refractivity contribution in [1.82, 2.24) is 9.80 Å². The zero-order chi connectivity index (χ0) is 14.0. The van der Waals surface area contributed by atoms with Crippen molar-refractivity contribution in [2.45, 2.75) is 18.9 Å². The summed E-state index contributed by atoms with van der Waals surface area (Å²) >= 11 is 1.83. The lowest BCUT2D eigenvalue weighted by atomic mass is 9.93. The molecule has 0 aliphatic carbocycles. The van der Waals surface area contributed by atoms with Crippen molar-refractivity contribution in [1.29, 1.82) is 0 Å². The van der Waals surface area contributed by atoms with Crippen LogP contribution in [0.15, 0.2) is 16.4 Å². The van der Waals surface area contributed by atoms with Gasteiger partial charge in [0.25, 0.3) is 0 Å². The minimum atomic E-state index is -0.287. The number of fused-ring (bicyclic) bond motifs is 1. The fourth-order valence-electron chi connectivity index (χ4n) is 2.49. The van der Waals surface area contributed by atoms with Gasteiger partial charge < -0.3 is 14.5 Å². The average Bonchev–Trinajstić information content (AvgIpc) is 2.78. The summed E-state index contributed by atoms with van der Waals surface area (Å²) in [6.07, 6.45) is 1.03. The molecule has 1 unspecified atom stereocenters. The molecule has 0 spiro atoms. The molecule has 1 aromatic rings. The first-order valence-electron chi connectivity index (χ1n) is 6.54. The molecule has 106 valence electrons. The molecule has 4 nitrogen and oxygen atoms in total. The predicted octanol–water partition coefficient (Wildman–Crippen LogP) is 2.02. The average molecular weight is 281 g/mol. The lowest BCUT2D eigenvalue weighted by molar-refractivity contribution is -0.0377. The number of ether oxygens (including phenoxy) is 1. The number of nitrogens with zero attached hydrogens (tertiary/aromatic N) is 3. The van der Waals surface area contributed by atoms with Gasteiger partial charge in [0.2, 0.25) is 0 Å². The van der Waals surface area contributed by atoms with Crippen LogP contribution < -0.4 is 0 Å². The molecule has 0 saturated carbocycles. The summed E-state index contributed by atoms with van der Waals surface area (Å²) in [5, 5.41) is 2.15. The number of aliphatic imine (C=N–C) groups is 1. The SMILES string of the molecule is CN(C)C(=NCC1(C)OCCc2sccc21)N(C)C. The lowest BCUT2D eigenvalue weighted by Crippen LogP contribution is -2.39. The van der Waals surface area contributed by atoms with E-state index in [1.54, 1.807) is 0 Å². The second kappa shape index (κ2) is 5.51. The molecule has 2 heterocycles. The molecule has 1 aliphatic heterocycles. The van der Waals surface area contributed by atoms with Crippen LogP contribution in [0.5, 0.6) is 0 Å². The molecule has 0 N–H and O–H groups in total. The fraction of sp³-hybridized carbons (Fsp3) is 0.643. The van der Waals surface area contributed by atoms with E-state index >= 15 is 0 Å². The second-order valence-electron chi connectivity index (χ2n) is 5.49. The van der Waals surface area contributed by atoms with Crippen LogP contribution in [-0.2, 0) is 16.8 Å². The van der Waals surface area contributed by atoms with Gasteiger partial charge in [-0.1, -0.05) is 0 Å². The van der Waals surface area contributed by atoms with Crippen LogP contribution in [0.2, 0.25) is 0 Å². The van der Waals surface area contributed by atoms with E-state index in [0.717, 1.165) is 19.0 Å². The van der Waals surface area contributed by atoms with Crippen LogP contribution in [0.1, 0.15) is 17.4 Å². The van der Waals surface area contributed by atoms with Gasteiger partial charge in [0, 0.05) is 39.5 Å². The van der Waals surface area contributed by atoms with Crippen LogP contribution in [0.3, 0.4) is 0 Å². The minimum absolute atomic E-state index is 0.287. The van der Waals surface area contributed by atoms with Crippen LogP contribution >= 0.6 is 11.3 Å². The number of rotatable bonds is 2. The van der Waals surface area contributed by atoms with E-state index in [4.69, 9.17) is 9.73 Å². The van der Waals surface area contributed by atoms with Crippen molar-refractivity contribution in [3.63, 3.8) is 0 Å². The Kier molecular flexibility index (Phi) is 4.16. The molecule has 0 aromatic carbocycles. The third-order valence-corrected chi connectivity index (χ3v) is 4.37. The second-order valence-corrected chi connectivity index (χ2v) is 6.49. The van der Waals surface area contributed by atoms with Crippen molar-refractivity contribution in [3.8, 4) is 0 Å². The van der Waals surface area contributed by atoms with Gasteiger partial charge >= 0.3 is 0 Å². The molecule has 0 fully saturated rings. The van der Waals surface area contributed by atoms with Crippen LogP contribution in [-0.4, -0.2) is 57.1 Å². The maximum atomic E-state index is 6.02. The highest BCUT2D eigenvalue weighted by atomic mass is 32.1. The van der Waals surface area contributed by atoms with Gasteiger partial charge in [0.15, 0.2) is 5.96 Å². The maximum Gasteiger partial charge on any atom is 0.195 e. The Labute approximate surface area is 119 Å². The Morgan fingerprint density at radius 2 is 2.05 bits per heavy atom. The van der Waals surface area contributed by atoms with E-state index in [1.807, 2.05) is 49.3 Å². The van der Waals surface area contributed by atoms with Crippen LogP contribution in [0, 0.1) is 0 Å². The first-order valence-corrected chi connectivity index (χ1v) is 7.42. The van der Waals surface area contributed by atoms with Gasteiger partial charge in [-0.15, -0.1) is 11.3 Å². The zero-order valence-electron chi connectivity index (χ0n) is 12.4. The van der Waals surface area contributed by atoms with Gasteiger partial charge in [-0.05, 0) is 23.9 Å². The van der Waals surface area contributed by atoms with Gasteiger partial charge in [0.05, 0.1) is 13.2 Å². The Balaban J connectivity index is 2.22. The van der Waals surface area contributed by atoms with E-state index in [-0.39, 0.29) is 5.60 Å². The Hall–Kier alpha value is -1.07. The molecule has 1 atom stereocenters. The van der Waals surface area contributed by atoms with E-state index in [2.05, 4.69) is 18.4 Å². The summed E-state index contributed by atoms with van der Waals surface area (Å²) in [7, 11) is 8.05. The lowest BCUT2D eigenvalue weighted by Gasteiger charge is -2.34. The van der Waals surface area contributed by atoms with Gasteiger partial charge in [-0.3, -0.25) is 0 Å². The summed E-state index contributed by atoms with van der Waals surface area (Å²) < 4.78 is 6.02. The zero-order valence-corrected chi connectivity index (χ0v) is 13.3. The maximum absolute atomic E-state index is 6.02.